The van der Waals surface area contributed by atoms with Crippen LogP contribution >= 0.6 is 11.8 Å². The molecule has 1 heterocycles. The maximum absolute atomic E-state index is 9.36. The minimum absolute atomic E-state index is 0.0412. The van der Waals surface area contributed by atoms with Gasteiger partial charge in [-0.1, -0.05) is 32.0 Å². The minimum Gasteiger partial charge on any atom is -0.392 e. The van der Waals surface area contributed by atoms with Crippen LogP contribution in [0.15, 0.2) is 35.4 Å². The van der Waals surface area contributed by atoms with Gasteiger partial charge in [-0.25, -0.2) is 0 Å². The lowest BCUT2D eigenvalue weighted by Gasteiger charge is -2.14. The van der Waals surface area contributed by atoms with Crippen LogP contribution in [0.3, 0.4) is 0 Å². The van der Waals surface area contributed by atoms with E-state index in [0.29, 0.717) is 0 Å². The van der Waals surface area contributed by atoms with E-state index in [-0.39, 0.29) is 6.61 Å². The Labute approximate surface area is 125 Å². The Balaban J connectivity index is 2.61. The van der Waals surface area contributed by atoms with E-state index in [1.807, 2.05) is 6.26 Å². The van der Waals surface area contributed by atoms with Gasteiger partial charge in [-0.05, 0) is 36.3 Å². The van der Waals surface area contributed by atoms with Crippen molar-refractivity contribution in [3.63, 3.8) is 0 Å². The zero-order valence-electron chi connectivity index (χ0n) is 12.3. The topological polar surface area (TPSA) is 33.1 Å². The Morgan fingerprint density at radius 2 is 1.75 bits per heavy atom. The molecular weight excluding hydrogens is 266 g/mol. The van der Waals surface area contributed by atoms with Crippen LogP contribution in [0.1, 0.15) is 30.5 Å². The molecule has 0 saturated carbocycles. The van der Waals surface area contributed by atoms with E-state index in [0.717, 1.165) is 29.0 Å². The summed E-state index contributed by atoms with van der Waals surface area (Å²) >= 11 is 1.66. The van der Waals surface area contributed by atoms with Gasteiger partial charge in [-0.2, -0.15) is 0 Å². The molecule has 1 aromatic heterocycles. The molecule has 2 aromatic rings. The number of nitrogens with zero attached hydrogens (tertiary/aromatic N) is 1. The van der Waals surface area contributed by atoms with Crippen LogP contribution in [0.25, 0.3) is 11.3 Å². The molecule has 0 atom stereocenters. The molecule has 2 nitrogen and oxygen atoms in total. The number of pyridine rings is 1. The molecule has 106 valence electrons. The van der Waals surface area contributed by atoms with Gasteiger partial charge in [-0.15, -0.1) is 11.8 Å². The molecule has 0 aliphatic carbocycles. The fraction of sp³-hybridized carbons (Fsp3) is 0.353. The van der Waals surface area contributed by atoms with Crippen molar-refractivity contribution < 1.29 is 5.11 Å². The van der Waals surface area contributed by atoms with Gasteiger partial charge in [0, 0.05) is 22.2 Å². The molecule has 0 aliphatic rings. The first-order valence-electron chi connectivity index (χ1n) is 7.00. The molecule has 0 unspecified atom stereocenters. The van der Waals surface area contributed by atoms with E-state index in [9.17, 15) is 5.11 Å². The number of aromatic nitrogens is 1. The second kappa shape index (κ2) is 6.91. The smallest absolute Gasteiger partial charge is 0.0718 e. The van der Waals surface area contributed by atoms with Crippen LogP contribution in [0.4, 0.5) is 0 Å². The Hall–Kier alpha value is -1.32. The number of hydrogen-bond donors (Lipinski definition) is 1. The van der Waals surface area contributed by atoms with Crippen molar-refractivity contribution >= 4 is 11.8 Å². The number of aliphatic hydroxyl groups is 1. The van der Waals surface area contributed by atoms with Crippen LogP contribution in [0, 0.1) is 0 Å². The highest BCUT2D eigenvalue weighted by molar-refractivity contribution is 7.98. The molecule has 0 bridgehead atoms. The molecule has 3 heteroatoms. The Kier molecular flexibility index (Phi) is 5.21. The second-order valence-corrected chi connectivity index (χ2v) is 5.55. The van der Waals surface area contributed by atoms with Crippen LogP contribution in [-0.4, -0.2) is 16.3 Å². The number of aryl methyl sites for hydroxylation is 2. The number of thioether (sulfide) groups is 1. The van der Waals surface area contributed by atoms with Gasteiger partial charge in [0.2, 0.25) is 0 Å². The van der Waals surface area contributed by atoms with E-state index in [1.54, 1.807) is 18.0 Å². The predicted octanol–water partition coefficient (Wildman–Crippen LogP) is 4.09. The third-order valence-electron chi connectivity index (χ3n) is 3.59. The zero-order chi connectivity index (χ0) is 14.5. The zero-order valence-corrected chi connectivity index (χ0v) is 13.1. The highest BCUT2D eigenvalue weighted by Crippen LogP contribution is 2.31. The van der Waals surface area contributed by atoms with Crippen LogP contribution in [-0.2, 0) is 19.4 Å². The van der Waals surface area contributed by atoms with Crippen molar-refractivity contribution in [3.05, 3.63) is 47.2 Å². The van der Waals surface area contributed by atoms with Gasteiger partial charge >= 0.3 is 0 Å². The second-order valence-electron chi connectivity index (χ2n) is 4.70. The first kappa shape index (κ1) is 15.1. The van der Waals surface area contributed by atoms with Gasteiger partial charge in [0.25, 0.3) is 0 Å². The summed E-state index contributed by atoms with van der Waals surface area (Å²) in [5.74, 6) is 0. The van der Waals surface area contributed by atoms with Crippen LogP contribution in [0.5, 0.6) is 0 Å². The number of aliphatic hydroxyl groups excluding tert-OH is 1. The normalized spacial score (nSPS) is 10.8. The Morgan fingerprint density at radius 3 is 2.25 bits per heavy atom. The molecule has 2 rings (SSSR count). The SMILES string of the molecule is CCc1cccc(CC)c1-c1cc(SC)c(CO)cn1. The predicted molar refractivity (Wildman–Crippen MR) is 86.1 cm³/mol. The van der Waals surface area contributed by atoms with Crippen molar-refractivity contribution in [3.8, 4) is 11.3 Å². The van der Waals surface area contributed by atoms with Gasteiger partial charge < -0.3 is 5.11 Å². The number of rotatable bonds is 5. The molecule has 0 aliphatic heterocycles. The van der Waals surface area contributed by atoms with E-state index in [4.69, 9.17) is 0 Å². The first-order chi connectivity index (χ1) is 9.74. The molecule has 1 aromatic carbocycles. The van der Waals surface area contributed by atoms with Crippen LogP contribution < -0.4 is 0 Å². The van der Waals surface area contributed by atoms with Gasteiger partial charge in [0.15, 0.2) is 0 Å². The van der Waals surface area contributed by atoms with E-state index >= 15 is 0 Å². The first-order valence-corrected chi connectivity index (χ1v) is 8.22. The standard InChI is InChI=1S/C17H21NOS/c1-4-12-7-6-8-13(5-2)17(12)15-9-16(20-3)14(11-19)10-18-15/h6-10,19H,4-5,11H2,1-3H3. The summed E-state index contributed by atoms with van der Waals surface area (Å²) in [5, 5.41) is 9.36. The van der Waals surface area contributed by atoms with Crippen molar-refractivity contribution in [2.24, 2.45) is 0 Å². The van der Waals surface area contributed by atoms with E-state index in [2.05, 4.69) is 43.1 Å². The quantitative estimate of drug-likeness (QED) is 0.841. The summed E-state index contributed by atoms with van der Waals surface area (Å²) in [7, 11) is 0. The average Bonchev–Trinajstić information content (AvgIpc) is 2.53. The summed E-state index contributed by atoms with van der Waals surface area (Å²) in [5.41, 5.74) is 5.84. The lowest BCUT2D eigenvalue weighted by molar-refractivity contribution is 0.278. The van der Waals surface area contributed by atoms with Crippen molar-refractivity contribution in [1.29, 1.82) is 0 Å². The summed E-state index contributed by atoms with van der Waals surface area (Å²) in [4.78, 5) is 5.67. The van der Waals surface area contributed by atoms with Crippen LogP contribution in [0.2, 0.25) is 0 Å². The lowest BCUT2D eigenvalue weighted by Crippen LogP contribution is -1.98. The molecule has 0 fully saturated rings. The van der Waals surface area contributed by atoms with Gasteiger partial charge in [0.05, 0.1) is 12.3 Å². The molecule has 0 radical (unpaired) electrons. The molecule has 0 amide bonds. The highest BCUT2D eigenvalue weighted by atomic mass is 32.2. The molecule has 0 saturated heterocycles. The fourth-order valence-corrected chi connectivity index (χ4v) is 3.09. The Bertz CT molecular complexity index is 573. The average molecular weight is 287 g/mol. The molecule has 0 spiro atoms. The van der Waals surface area contributed by atoms with E-state index in [1.165, 1.54) is 16.7 Å². The third kappa shape index (κ3) is 2.89. The van der Waals surface area contributed by atoms with Crippen molar-refractivity contribution in [1.82, 2.24) is 4.98 Å². The summed E-state index contributed by atoms with van der Waals surface area (Å²) in [6.45, 7) is 4.39. The highest BCUT2D eigenvalue weighted by Gasteiger charge is 2.12. The van der Waals surface area contributed by atoms with Gasteiger partial charge in [0.1, 0.15) is 0 Å². The summed E-state index contributed by atoms with van der Waals surface area (Å²) < 4.78 is 0. The fourth-order valence-electron chi connectivity index (χ4n) is 2.48. The Morgan fingerprint density at radius 1 is 1.10 bits per heavy atom. The minimum atomic E-state index is 0.0412. The third-order valence-corrected chi connectivity index (χ3v) is 4.41. The summed E-state index contributed by atoms with van der Waals surface area (Å²) in [6.07, 6.45) is 5.83. The summed E-state index contributed by atoms with van der Waals surface area (Å²) in [6, 6.07) is 8.58. The lowest BCUT2D eigenvalue weighted by atomic mass is 9.94. The van der Waals surface area contributed by atoms with Gasteiger partial charge in [-0.3, -0.25) is 4.98 Å². The molecule has 20 heavy (non-hydrogen) atoms. The number of benzene rings is 1. The monoisotopic (exact) mass is 287 g/mol. The molecular formula is C17H21NOS. The van der Waals surface area contributed by atoms with Crippen molar-refractivity contribution in [2.45, 2.75) is 38.2 Å². The van der Waals surface area contributed by atoms with E-state index < -0.39 is 0 Å². The number of hydrogen-bond acceptors (Lipinski definition) is 3. The largest absolute Gasteiger partial charge is 0.392 e. The van der Waals surface area contributed by atoms with Crippen molar-refractivity contribution in [2.75, 3.05) is 6.26 Å². The maximum atomic E-state index is 9.36. The maximum Gasteiger partial charge on any atom is 0.0718 e. The molecule has 1 N–H and O–H groups in total.